The normalized spacial score (nSPS) is 13.8. The van der Waals surface area contributed by atoms with Crippen molar-refractivity contribution in [3.8, 4) is 0 Å². The van der Waals surface area contributed by atoms with Gasteiger partial charge in [0.15, 0.2) is 0 Å². The molecule has 0 aliphatic carbocycles. The highest BCUT2D eigenvalue weighted by atomic mass is 79.9. The molecule has 1 heterocycles. The molecule has 8 heteroatoms. The first-order valence-electron chi connectivity index (χ1n) is 5.36. The zero-order valence-electron chi connectivity index (χ0n) is 10.5. The van der Waals surface area contributed by atoms with Crippen molar-refractivity contribution in [3.63, 3.8) is 0 Å². The highest BCUT2D eigenvalue weighted by Gasteiger charge is 2.21. The van der Waals surface area contributed by atoms with Crippen molar-refractivity contribution in [2.24, 2.45) is 0 Å². The standard InChI is InChI=1S/C10H17BrN2O2S3/c1-7(16-3)5-13-18(14,15)9-4-8(6-12-2)17-10(9)11/h4,7,12-13H,5-6H2,1-3H3. The van der Waals surface area contributed by atoms with Crippen molar-refractivity contribution in [2.75, 3.05) is 19.8 Å². The van der Waals surface area contributed by atoms with Crippen LogP contribution in [-0.4, -0.2) is 33.5 Å². The lowest BCUT2D eigenvalue weighted by Crippen LogP contribution is -2.29. The van der Waals surface area contributed by atoms with E-state index in [1.54, 1.807) is 17.8 Å². The first-order valence-corrected chi connectivity index (χ1v) is 9.74. The average Bonchev–Trinajstić information content (AvgIpc) is 2.68. The molecule has 1 atom stereocenters. The molecule has 0 saturated carbocycles. The van der Waals surface area contributed by atoms with Gasteiger partial charge >= 0.3 is 0 Å². The van der Waals surface area contributed by atoms with Crippen LogP contribution in [0.2, 0.25) is 0 Å². The molecule has 18 heavy (non-hydrogen) atoms. The summed E-state index contributed by atoms with van der Waals surface area (Å²) in [5.41, 5.74) is 0. The molecule has 0 amide bonds. The summed E-state index contributed by atoms with van der Waals surface area (Å²) in [6, 6.07) is 1.71. The lowest BCUT2D eigenvalue weighted by atomic mass is 10.5. The molecule has 0 aromatic carbocycles. The number of hydrogen-bond acceptors (Lipinski definition) is 5. The monoisotopic (exact) mass is 372 g/mol. The molecule has 104 valence electrons. The zero-order valence-corrected chi connectivity index (χ0v) is 14.5. The van der Waals surface area contributed by atoms with Crippen LogP contribution in [-0.2, 0) is 16.6 Å². The molecule has 0 aliphatic rings. The summed E-state index contributed by atoms with van der Waals surface area (Å²) < 4.78 is 27.5. The number of rotatable bonds is 7. The number of thiophene rings is 1. The van der Waals surface area contributed by atoms with Gasteiger partial charge in [-0.05, 0) is 35.3 Å². The Balaban J connectivity index is 2.84. The number of thioether (sulfide) groups is 1. The van der Waals surface area contributed by atoms with E-state index in [0.29, 0.717) is 21.8 Å². The van der Waals surface area contributed by atoms with E-state index in [-0.39, 0.29) is 5.25 Å². The summed E-state index contributed by atoms with van der Waals surface area (Å²) in [6.07, 6.45) is 1.96. The van der Waals surface area contributed by atoms with Gasteiger partial charge < -0.3 is 5.32 Å². The maximum atomic E-state index is 12.1. The fraction of sp³-hybridized carbons (Fsp3) is 0.600. The van der Waals surface area contributed by atoms with Crippen molar-refractivity contribution in [2.45, 2.75) is 23.6 Å². The summed E-state index contributed by atoms with van der Waals surface area (Å²) in [7, 11) is -1.59. The van der Waals surface area contributed by atoms with Crippen LogP contribution in [0.4, 0.5) is 0 Å². The quantitative estimate of drug-likeness (QED) is 0.770. The van der Waals surface area contributed by atoms with Crippen LogP contribution in [0.25, 0.3) is 0 Å². The first-order chi connectivity index (χ1) is 8.40. The topological polar surface area (TPSA) is 58.2 Å². The summed E-state index contributed by atoms with van der Waals surface area (Å²) in [6.45, 7) is 3.09. The number of sulfonamides is 1. The zero-order chi connectivity index (χ0) is 13.8. The molecule has 0 bridgehead atoms. The second kappa shape index (κ2) is 7.25. The second-order valence-corrected chi connectivity index (χ2v) is 9.25. The van der Waals surface area contributed by atoms with Gasteiger partial charge in [-0.25, -0.2) is 13.1 Å². The van der Waals surface area contributed by atoms with Gasteiger partial charge in [-0.3, -0.25) is 0 Å². The third-order valence-electron chi connectivity index (χ3n) is 2.31. The Labute approximate surface area is 125 Å². The Kier molecular flexibility index (Phi) is 6.63. The SMILES string of the molecule is CNCc1cc(S(=O)(=O)NCC(C)SC)c(Br)s1. The Morgan fingerprint density at radius 1 is 1.56 bits per heavy atom. The van der Waals surface area contributed by atoms with Gasteiger partial charge in [0.1, 0.15) is 4.90 Å². The lowest BCUT2D eigenvalue weighted by molar-refractivity contribution is 0.581. The molecular weight excluding hydrogens is 356 g/mol. The summed E-state index contributed by atoms with van der Waals surface area (Å²) >= 11 is 6.38. The van der Waals surface area contributed by atoms with E-state index >= 15 is 0 Å². The fourth-order valence-electron chi connectivity index (χ4n) is 1.23. The largest absolute Gasteiger partial charge is 0.315 e. The van der Waals surface area contributed by atoms with Crippen molar-refractivity contribution in [3.05, 3.63) is 14.7 Å². The third-order valence-corrected chi connectivity index (χ3v) is 6.96. The Morgan fingerprint density at radius 3 is 2.78 bits per heavy atom. The second-order valence-electron chi connectivity index (χ2n) is 3.78. The van der Waals surface area contributed by atoms with Crippen LogP contribution in [0.3, 0.4) is 0 Å². The van der Waals surface area contributed by atoms with E-state index in [4.69, 9.17) is 0 Å². The van der Waals surface area contributed by atoms with Gasteiger partial charge in [0, 0.05) is 23.2 Å². The molecule has 4 nitrogen and oxygen atoms in total. The van der Waals surface area contributed by atoms with Gasteiger partial charge in [-0.15, -0.1) is 11.3 Å². The van der Waals surface area contributed by atoms with E-state index in [1.807, 2.05) is 20.2 Å². The minimum Gasteiger partial charge on any atom is -0.315 e. The lowest BCUT2D eigenvalue weighted by Gasteiger charge is -2.09. The number of nitrogens with one attached hydrogen (secondary N) is 2. The number of hydrogen-bond donors (Lipinski definition) is 2. The molecule has 0 saturated heterocycles. The van der Waals surface area contributed by atoms with E-state index in [1.165, 1.54) is 11.3 Å². The molecule has 0 aliphatic heterocycles. The van der Waals surface area contributed by atoms with Crippen LogP contribution >= 0.6 is 39.0 Å². The minimum atomic E-state index is -3.42. The van der Waals surface area contributed by atoms with E-state index < -0.39 is 10.0 Å². The molecule has 1 aromatic heterocycles. The summed E-state index contributed by atoms with van der Waals surface area (Å²) in [5.74, 6) is 0. The van der Waals surface area contributed by atoms with Crippen LogP contribution in [0.1, 0.15) is 11.8 Å². The van der Waals surface area contributed by atoms with Gasteiger partial charge in [0.25, 0.3) is 0 Å². The van der Waals surface area contributed by atoms with Gasteiger partial charge in [-0.1, -0.05) is 6.92 Å². The molecule has 2 N–H and O–H groups in total. The van der Waals surface area contributed by atoms with Crippen molar-refractivity contribution >= 4 is 49.1 Å². The number of halogens is 1. The smallest absolute Gasteiger partial charge is 0.242 e. The first kappa shape index (κ1) is 16.5. The Bertz CT molecular complexity index is 487. The molecule has 0 fully saturated rings. The van der Waals surface area contributed by atoms with Crippen LogP contribution in [0.5, 0.6) is 0 Å². The molecule has 1 rings (SSSR count). The Morgan fingerprint density at radius 2 is 2.22 bits per heavy atom. The van der Waals surface area contributed by atoms with E-state index in [0.717, 1.165) is 4.88 Å². The van der Waals surface area contributed by atoms with E-state index in [2.05, 4.69) is 26.0 Å². The van der Waals surface area contributed by atoms with Crippen LogP contribution < -0.4 is 10.0 Å². The van der Waals surface area contributed by atoms with Crippen molar-refractivity contribution in [1.29, 1.82) is 0 Å². The highest BCUT2D eigenvalue weighted by Crippen LogP contribution is 2.31. The molecule has 0 spiro atoms. The van der Waals surface area contributed by atoms with Gasteiger partial charge in [0.2, 0.25) is 10.0 Å². The molecular formula is C10H17BrN2O2S3. The predicted octanol–water partition coefficient (Wildman–Crippen LogP) is 2.26. The molecule has 0 radical (unpaired) electrons. The fourth-order valence-corrected chi connectivity index (χ4v) is 5.41. The third kappa shape index (κ3) is 4.50. The van der Waals surface area contributed by atoms with Crippen molar-refractivity contribution in [1.82, 2.24) is 10.0 Å². The van der Waals surface area contributed by atoms with Crippen LogP contribution in [0.15, 0.2) is 14.7 Å². The summed E-state index contributed by atoms with van der Waals surface area (Å²) in [5, 5.41) is 3.26. The molecule has 1 aromatic rings. The van der Waals surface area contributed by atoms with Crippen molar-refractivity contribution < 1.29 is 8.42 Å². The van der Waals surface area contributed by atoms with E-state index in [9.17, 15) is 8.42 Å². The maximum absolute atomic E-state index is 12.1. The minimum absolute atomic E-state index is 0.258. The highest BCUT2D eigenvalue weighted by molar-refractivity contribution is 9.11. The summed E-state index contributed by atoms with van der Waals surface area (Å²) in [4.78, 5) is 1.31. The predicted molar refractivity (Wildman–Crippen MR) is 82.9 cm³/mol. The van der Waals surface area contributed by atoms with Gasteiger partial charge in [-0.2, -0.15) is 11.8 Å². The maximum Gasteiger partial charge on any atom is 0.242 e. The average molecular weight is 373 g/mol. The Hall–Kier alpha value is 0.400. The van der Waals surface area contributed by atoms with Gasteiger partial charge in [0.05, 0.1) is 3.79 Å². The van der Waals surface area contributed by atoms with Crippen LogP contribution in [0, 0.1) is 0 Å². The molecule has 1 unspecified atom stereocenters.